The average molecular weight is 527 g/mol. The largest absolute Gasteiger partial charge is 0.497 e. The predicted octanol–water partition coefficient (Wildman–Crippen LogP) is 7.85. The maximum absolute atomic E-state index is 7.15. The fraction of sp³-hybridized carbons (Fsp3) is 0.294. The Balaban J connectivity index is 1.89. The first-order valence-corrected chi connectivity index (χ1v) is 13.0. The molecule has 5 heteroatoms. The van der Waals surface area contributed by atoms with Gasteiger partial charge < -0.3 is 23.7 Å². The molecule has 4 aromatic carbocycles. The normalized spacial score (nSPS) is 12.5. The van der Waals surface area contributed by atoms with Crippen LogP contribution in [0.4, 0.5) is 0 Å². The minimum absolute atomic E-state index is 0.353. The minimum atomic E-state index is -0.353. The topological polar surface area (TPSA) is 46.2 Å². The van der Waals surface area contributed by atoms with Crippen LogP contribution in [0.3, 0.4) is 0 Å². The second kappa shape index (κ2) is 12.3. The van der Waals surface area contributed by atoms with Crippen LogP contribution in [0.25, 0.3) is 0 Å². The third-order valence-electron chi connectivity index (χ3n) is 7.09. The highest BCUT2D eigenvalue weighted by Gasteiger charge is 2.26. The van der Waals surface area contributed by atoms with Crippen LogP contribution in [0.15, 0.2) is 72.8 Å². The van der Waals surface area contributed by atoms with Crippen LogP contribution < -0.4 is 18.9 Å². The number of ether oxygens (including phenoxy) is 5. The molecule has 4 aromatic rings. The molecule has 0 aliphatic carbocycles. The van der Waals surface area contributed by atoms with E-state index in [0.29, 0.717) is 0 Å². The summed E-state index contributed by atoms with van der Waals surface area (Å²) in [7, 11) is 6.77. The molecule has 0 N–H and O–H groups in total. The Hall–Kier alpha value is -3.96. The molecule has 2 atom stereocenters. The first-order valence-electron chi connectivity index (χ1n) is 13.0. The summed E-state index contributed by atoms with van der Waals surface area (Å²) in [6.07, 6.45) is -0.706. The number of hydrogen-bond donors (Lipinski definition) is 0. The van der Waals surface area contributed by atoms with Gasteiger partial charge in [-0.25, -0.2) is 0 Å². The van der Waals surface area contributed by atoms with E-state index in [1.165, 1.54) is 0 Å². The van der Waals surface area contributed by atoms with Crippen LogP contribution in [0.5, 0.6) is 23.0 Å². The standard InChI is InChI=1S/C34H38O5/c1-21-17-27(18-22(2)31(21)37-7)33(25-9-13-29(35-5)14-10-25)39-34(26-11-15-30(36-6)16-12-26)28-19-23(3)32(38-8)24(4)20-28/h9-20,33-34H,1-8H3. The second-order valence-corrected chi connectivity index (χ2v) is 9.82. The third kappa shape index (κ3) is 6.04. The Labute approximate surface area is 232 Å². The molecule has 0 heterocycles. The Kier molecular flexibility index (Phi) is 8.82. The van der Waals surface area contributed by atoms with E-state index in [9.17, 15) is 0 Å². The molecule has 0 bridgehead atoms. The van der Waals surface area contributed by atoms with Gasteiger partial charge in [0, 0.05) is 0 Å². The zero-order valence-corrected chi connectivity index (χ0v) is 24.1. The molecule has 0 radical (unpaired) electrons. The molecule has 204 valence electrons. The van der Waals surface area contributed by atoms with Gasteiger partial charge in [0.25, 0.3) is 0 Å². The van der Waals surface area contributed by atoms with Crippen molar-refractivity contribution in [1.29, 1.82) is 0 Å². The molecule has 0 saturated heterocycles. The van der Waals surface area contributed by atoms with E-state index in [4.69, 9.17) is 23.7 Å². The first kappa shape index (κ1) is 28.1. The van der Waals surface area contributed by atoms with Gasteiger partial charge in [0.1, 0.15) is 35.2 Å². The molecule has 0 amide bonds. The highest BCUT2D eigenvalue weighted by molar-refractivity contribution is 5.48. The van der Waals surface area contributed by atoms with E-state index in [-0.39, 0.29) is 12.2 Å². The lowest BCUT2D eigenvalue weighted by atomic mass is 9.94. The third-order valence-corrected chi connectivity index (χ3v) is 7.09. The van der Waals surface area contributed by atoms with Crippen molar-refractivity contribution >= 4 is 0 Å². The molecule has 0 aliphatic heterocycles. The van der Waals surface area contributed by atoms with Crippen LogP contribution in [0.2, 0.25) is 0 Å². The number of rotatable bonds is 10. The van der Waals surface area contributed by atoms with Gasteiger partial charge in [-0.3, -0.25) is 0 Å². The van der Waals surface area contributed by atoms with Gasteiger partial charge >= 0.3 is 0 Å². The molecule has 2 unspecified atom stereocenters. The zero-order chi connectivity index (χ0) is 28.1. The van der Waals surface area contributed by atoms with Gasteiger partial charge in [0.15, 0.2) is 0 Å². The summed E-state index contributed by atoms with van der Waals surface area (Å²) in [5.74, 6) is 3.38. The zero-order valence-electron chi connectivity index (χ0n) is 24.1. The van der Waals surface area contributed by atoms with Gasteiger partial charge in [0.2, 0.25) is 0 Å². The fourth-order valence-electron chi connectivity index (χ4n) is 5.31. The Bertz CT molecular complexity index is 1250. The van der Waals surface area contributed by atoms with Gasteiger partial charge in [-0.2, -0.15) is 0 Å². The number of hydrogen-bond acceptors (Lipinski definition) is 5. The molecular weight excluding hydrogens is 488 g/mol. The summed E-state index contributed by atoms with van der Waals surface area (Å²) in [5.41, 5.74) is 8.41. The highest BCUT2D eigenvalue weighted by atomic mass is 16.5. The molecule has 0 aromatic heterocycles. The summed E-state index contributed by atoms with van der Waals surface area (Å²) in [4.78, 5) is 0. The van der Waals surface area contributed by atoms with Crippen molar-refractivity contribution in [3.8, 4) is 23.0 Å². The molecule has 39 heavy (non-hydrogen) atoms. The van der Waals surface area contributed by atoms with E-state index in [1.807, 2.05) is 24.3 Å². The van der Waals surface area contributed by atoms with Crippen LogP contribution in [-0.4, -0.2) is 28.4 Å². The van der Waals surface area contributed by atoms with Crippen molar-refractivity contribution in [2.75, 3.05) is 28.4 Å². The van der Waals surface area contributed by atoms with Crippen molar-refractivity contribution in [3.05, 3.63) is 117 Å². The van der Waals surface area contributed by atoms with Gasteiger partial charge in [-0.15, -0.1) is 0 Å². The maximum Gasteiger partial charge on any atom is 0.124 e. The Morgan fingerprint density at radius 1 is 0.410 bits per heavy atom. The van der Waals surface area contributed by atoms with E-state index >= 15 is 0 Å². The lowest BCUT2D eigenvalue weighted by Gasteiger charge is -2.28. The number of methoxy groups -OCH3 is 4. The van der Waals surface area contributed by atoms with Crippen molar-refractivity contribution in [2.24, 2.45) is 0 Å². The van der Waals surface area contributed by atoms with Crippen LogP contribution >= 0.6 is 0 Å². The molecular formula is C34H38O5. The lowest BCUT2D eigenvalue weighted by molar-refractivity contribution is 0.0306. The summed E-state index contributed by atoms with van der Waals surface area (Å²) in [6.45, 7) is 8.27. The van der Waals surface area contributed by atoms with Gasteiger partial charge in [-0.05, 0) is 121 Å². The van der Waals surface area contributed by atoms with E-state index < -0.39 is 0 Å². The summed E-state index contributed by atoms with van der Waals surface area (Å²) >= 11 is 0. The van der Waals surface area contributed by atoms with Gasteiger partial charge in [0.05, 0.1) is 28.4 Å². The second-order valence-electron chi connectivity index (χ2n) is 9.82. The lowest BCUT2D eigenvalue weighted by Crippen LogP contribution is -2.14. The minimum Gasteiger partial charge on any atom is -0.497 e. The quantitative estimate of drug-likeness (QED) is 0.211. The summed E-state index contributed by atoms with van der Waals surface area (Å²) < 4.78 is 29.3. The van der Waals surface area contributed by atoms with E-state index in [0.717, 1.165) is 67.5 Å². The average Bonchev–Trinajstić information content (AvgIpc) is 2.93. The van der Waals surface area contributed by atoms with E-state index in [1.54, 1.807) is 28.4 Å². The summed E-state index contributed by atoms with van der Waals surface area (Å²) in [6, 6.07) is 24.7. The SMILES string of the molecule is COc1ccc(C(OC(c2ccc(OC)cc2)c2cc(C)c(OC)c(C)c2)c2cc(C)c(OC)c(C)c2)cc1. The van der Waals surface area contributed by atoms with Crippen molar-refractivity contribution in [1.82, 2.24) is 0 Å². The van der Waals surface area contributed by atoms with Crippen molar-refractivity contribution in [3.63, 3.8) is 0 Å². The maximum atomic E-state index is 7.15. The first-order chi connectivity index (χ1) is 18.8. The Morgan fingerprint density at radius 3 is 0.974 bits per heavy atom. The molecule has 0 fully saturated rings. The fourth-order valence-corrected chi connectivity index (χ4v) is 5.31. The molecule has 0 spiro atoms. The van der Waals surface area contributed by atoms with Crippen molar-refractivity contribution in [2.45, 2.75) is 39.9 Å². The van der Waals surface area contributed by atoms with Crippen LogP contribution in [0.1, 0.15) is 56.7 Å². The highest BCUT2D eigenvalue weighted by Crippen LogP contribution is 2.40. The van der Waals surface area contributed by atoms with Crippen LogP contribution in [-0.2, 0) is 4.74 Å². The van der Waals surface area contributed by atoms with Crippen molar-refractivity contribution < 1.29 is 23.7 Å². The number of benzene rings is 4. The molecule has 4 rings (SSSR count). The van der Waals surface area contributed by atoms with Crippen LogP contribution in [0, 0.1) is 27.7 Å². The van der Waals surface area contributed by atoms with E-state index in [2.05, 4.69) is 76.2 Å². The Morgan fingerprint density at radius 2 is 0.718 bits per heavy atom. The summed E-state index contributed by atoms with van der Waals surface area (Å²) in [5, 5.41) is 0. The monoisotopic (exact) mass is 526 g/mol. The van der Waals surface area contributed by atoms with Gasteiger partial charge in [-0.1, -0.05) is 24.3 Å². The molecule has 0 aliphatic rings. The molecule has 0 saturated carbocycles. The predicted molar refractivity (Wildman–Crippen MR) is 156 cm³/mol. The molecule has 5 nitrogen and oxygen atoms in total. The smallest absolute Gasteiger partial charge is 0.124 e. The number of aryl methyl sites for hydroxylation is 4.